The first-order valence-electron chi connectivity index (χ1n) is 12.2. The lowest BCUT2D eigenvalue weighted by molar-refractivity contribution is -0.941. The second-order valence-electron chi connectivity index (χ2n) is 9.87. The van der Waals surface area contributed by atoms with Crippen molar-refractivity contribution in [2.24, 2.45) is 11.7 Å². The summed E-state index contributed by atoms with van der Waals surface area (Å²) in [4.78, 5) is 34.5. The molecule has 182 valence electrons. The molecule has 0 bridgehead atoms. The van der Waals surface area contributed by atoms with Crippen LogP contribution in [0.3, 0.4) is 0 Å². The molecule has 34 heavy (non-hydrogen) atoms. The van der Waals surface area contributed by atoms with Gasteiger partial charge in [0, 0.05) is 31.2 Å². The van der Waals surface area contributed by atoms with Gasteiger partial charge in [0.25, 0.3) is 5.91 Å². The number of carbonyl (C=O) groups is 2. The van der Waals surface area contributed by atoms with Crippen LogP contribution in [-0.4, -0.2) is 57.7 Å². The van der Waals surface area contributed by atoms with E-state index in [-0.39, 0.29) is 18.6 Å². The van der Waals surface area contributed by atoms with Crippen LogP contribution in [0.4, 0.5) is 0 Å². The van der Waals surface area contributed by atoms with Gasteiger partial charge in [0.15, 0.2) is 5.60 Å². The van der Waals surface area contributed by atoms with Crippen molar-refractivity contribution in [3.05, 3.63) is 60.2 Å². The number of primary amides is 1. The number of nitrogens with zero attached hydrogens (tertiary/aromatic N) is 3. The highest BCUT2D eigenvalue weighted by Gasteiger charge is 2.51. The average Bonchev–Trinajstić information content (AvgIpc) is 3.24. The first-order chi connectivity index (χ1) is 16.4. The smallest absolute Gasteiger partial charge is 0.343 e. The zero-order chi connectivity index (χ0) is 24.2. The molecule has 2 aromatic rings. The van der Waals surface area contributed by atoms with Crippen molar-refractivity contribution in [3.8, 4) is 0 Å². The highest BCUT2D eigenvalue weighted by atomic mass is 16.6. The summed E-state index contributed by atoms with van der Waals surface area (Å²) in [7, 11) is 1.96. The number of rotatable bonds is 8. The van der Waals surface area contributed by atoms with Gasteiger partial charge < -0.3 is 20.1 Å². The van der Waals surface area contributed by atoms with Crippen molar-refractivity contribution in [2.45, 2.75) is 62.6 Å². The van der Waals surface area contributed by atoms with Crippen LogP contribution in [0, 0.1) is 5.92 Å². The maximum Gasteiger partial charge on any atom is 0.343 e. The van der Waals surface area contributed by atoms with Gasteiger partial charge in [0.1, 0.15) is 18.3 Å². The van der Waals surface area contributed by atoms with E-state index in [1.54, 1.807) is 30.7 Å². The average molecular weight is 468 g/mol. The number of aliphatic hydroxyl groups is 1. The largest absolute Gasteiger partial charge is 0.457 e. The van der Waals surface area contributed by atoms with Gasteiger partial charge in [-0.25, -0.2) is 4.79 Å². The van der Waals surface area contributed by atoms with E-state index in [4.69, 9.17) is 10.5 Å². The predicted octanol–water partition coefficient (Wildman–Crippen LogP) is 2.62. The third-order valence-electron chi connectivity index (χ3n) is 7.86. The molecule has 0 spiro atoms. The number of ether oxygens (including phenoxy) is 1. The minimum atomic E-state index is -1.68. The van der Waals surface area contributed by atoms with Gasteiger partial charge in [-0.2, -0.15) is 0 Å². The number of nitrogens with two attached hydrogens (primary N) is 1. The monoisotopic (exact) mass is 467 g/mol. The van der Waals surface area contributed by atoms with E-state index in [9.17, 15) is 14.7 Å². The van der Waals surface area contributed by atoms with Crippen molar-refractivity contribution >= 4 is 11.9 Å². The van der Waals surface area contributed by atoms with E-state index < -0.39 is 23.5 Å². The standard InChI is InChI=1S/C26H34N4O4/c1-30(23(24(27)31)22-17-28-14-15-29-22)16-8-13-21(30)18-34-25(32)26(33,19-9-4-2-5-10-19)20-11-6-3-7-12-20/h2,4-5,9-10,14-15,17,20-21,23,33H,3,6-8,11-13,16,18H2,1H3,(H-,27,31)/p+1/t21-,23?,26?,30?/m1/s1. The Hall–Kier alpha value is -2.84. The zero-order valence-corrected chi connectivity index (χ0v) is 19.8. The Morgan fingerprint density at radius 3 is 2.53 bits per heavy atom. The summed E-state index contributed by atoms with van der Waals surface area (Å²) in [5.41, 5.74) is 5.23. The van der Waals surface area contributed by atoms with E-state index >= 15 is 0 Å². The van der Waals surface area contributed by atoms with E-state index in [0.717, 1.165) is 44.9 Å². The number of hydrogen-bond donors (Lipinski definition) is 2. The van der Waals surface area contributed by atoms with Gasteiger partial charge in [-0.3, -0.25) is 14.8 Å². The molecule has 1 saturated carbocycles. The Bertz CT molecular complexity index is 983. The number of likely N-dealkylation sites (tertiary alicyclic amines) is 1. The minimum absolute atomic E-state index is 0.0985. The summed E-state index contributed by atoms with van der Waals surface area (Å²) < 4.78 is 6.17. The van der Waals surface area contributed by atoms with Gasteiger partial charge in [-0.05, 0) is 18.4 Å². The summed E-state index contributed by atoms with van der Waals surface area (Å²) >= 11 is 0. The molecule has 2 heterocycles. The molecule has 2 aliphatic rings. The number of hydrogen-bond acceptors (Lipinski definition) is 6. The third kappa shape index (κ3) is 4.57. The number of aromatic nitrogens is 2. The van der Waals surface area contributed by atoms with Crippen LogP contribution in [0.1, 0.15) is 62.2 Å². The summed E-state index contributed by atoms with van der Waals surface area (Å²) in [6.45, 7) is 0.805. The van der Waals surface area contributed by atoms with Gasteiger partial charge >= 0.3 is 5.97 Å². The number of amides is 1. The molecule has 1 aliphatic carbocycles. The van der Waals surface area contributed by atoms with Crippen LogP contribution in [0.25, 0.3) is 0 Å². The fourth-order valence-corrected chi connectivity index (χ4v) is 5.94. The van der Waals surface area contributed by atoms with Crippen molar-refractivity contribution < 1.29 is 23.9 Å². The fraction of sp³-hybridized carbons (Fsp3) is 0.538. The van der Waals surface area contributed by atoms with E-state index in [1.807, 2.05) is 25.2 Å². The van der Waals surface area contributed by atoms with Crippen molar-refractivity contribution in [2.75, 3.05) is 20.2 Å². The van der Waals surface area contributed by atoms with E-state index in [1.165, 1.54) is 0 Å². The van der Waals surface area contributed by atoms with Crippen LogP contribution in [0.2, 0.25) is 0 Å². The lowest BCUT2D eigenvalue weighted by Gasteiger charge is -2.41. The van der Waals surface area contributed by atoms with Gasteiger partial charge in [-0.15, -0.1) is 0 Å². The molecule has 2 fully saturated rings. The molecule has 8 nitrogen and oxygen atoms in total. The fourth-order valence-electron chi connectivity index (χ4n) is 5.94. The van der Waals surface area contributed by atoms with Crippen molar-refractivity contribution in [1.29, 1.82) is 0 Å². The predicted molar refractivity (Wildman–Crippen MR) is 126 cm³/mol. The topological polar surface area (TPSA) is 115 Å². The molecule has 3 unspecified atom stereocenters. The van der Waals surface area contributed by atoms with E-state index in [0.29, 0.717) is 22.3 Å². The zero-order valence-electron chi connectivity index (χ0n) is 19.8. The van der Waals surface area contributed by atoms with E-state index in [2.05, 4.69) is 9.97 Å². The quantitative estimate of drug-likeness (QED) is 0.456. The Labute approximate surface area is 200 Å². The number of carbonyl (C=O) groups excluding carboxylic acids is 2. The van der Waals surface area contributed by atoms with Crippen molar-refractivity contribution in [1.82, 2.24) is 9.97 Å². The summed E-state index contributed by atoms with van der Waals surface area (Å²) in [5.74, 6) is -1.28. The molecule has 0 radical (unpaired) electrons. The molecule has 8 heteroatoms. The molecule has 1 aromatic carbocycles. The van der Waals surface area contributed by atoms with Crippen LogP contribution in [0.5, 0.6) is 0 Å². The Morgan fingerprint density at radius 1 is 1.15 bits per heavy atom. The number of esters is 1. The molecule has 3 N–H and O–H groups in total. The molecule has 4 rings (SSSR count). The molecule has 1 aromatic heterocycles. The Morgan fingerprint density at radius 2 is 1.88 bits per heavy atom. The first kappa shape index (κ1) is 24.3. The summed E-state index contributed by atoms with van der Waals surface area (Å²) in [6, 6.07) is 8.29. The van der Waals surface area contributed by atoms with Crippen molar-refractivity contribution in [3.63, 3.8) is 0 Å². The summed E-state index contributed by atoms with van der Waals surface area (Å²) in [5, 5.41) is 11.8. The normalized spacial score (nSPS) is 25.9. The molecular weight excluding hydrogens is 432 g/mol. The second-order valence-corrected chi connectivity index (χ2v) is 9.87. The molecule has 1 saturated heterocycles. The maximum absolute atomic E-state index is 13.5. The minimum Gasteiger partial charge on any atom is -0.457 e. The first-order valence-corrected chi connectivity index (χ1v) is 12.2. The molecule has 1 amide bonds. The number of benzene rings is 1. The lowest BCUT2D eigenvalue weighted by atomic mass is 9.73. The number of likely N-dealkylation sites (N-methyl/N-ethyl adjacent to an activating group) is 1. The van der Waals surface area contributed by atoms with Gasteiger partial charge in [0.05, 0.1) is 19.8 Å². The third-order valence-corrected chi connectivity index (χ3v) is 7.86. The molecule has 1 aliphatic heterocycles. The van der Waals surface area contributed by atoms with Crippen LogP contribution in [-0.2, 0) is 19.9 Å². The maximum atomic E-state index is 13.5. The Balaban J connectivity index is 1.56. The van der Waals surface area contributed by atoms with Gasteiger partial charge in [-0.1, -0.05) is 49.6 Å². The SMILES string of the molecule is C[N+]1(C(C(N)=O)c2cnccn2)CCC[C@@H]1COC(=O)C(O)(c1ccccc1)C1CCCCC1. The highest BCUT2D eigenvalue weighted by molar-refractivity contribution is 5.81. The van der Waals surface area contributed by atoms with Gasteiger partial charge in [0.2, 0.25) is 6.04 Å². The highest BCUT2D eigenvalue weighted by Crippen LogP contribution is 2.41. The summed E-state index contributed by atoms with van der Waals surface area (Å²) in [6.07, 6.45) is 11.0. The Kier molecular flexibility index (Phi) is 7.28. The number of quaternary nitrogens is 1. The van der Waals surface area contributed by atoms with Crippen LogP contribution < -0.4 is 5.73 Å². The van der Waals surface area contributed by atoms with Crippen LogP contribution >= 0.6 is 0 Å². The lowest BCUT2D eigenvalue weighted by Crippen LogP contribution is -2.57. The molecule has 4 atom stereocenters. The molecular formula is C26H35N4O4+. The van der Waals surface area contributed by atoms with Crippen LogP contribution in [0.15, 0.2) is 48.9 Å². The second kappa shape index (κ2) is 10.2.